The van der Waals surface area contributed by atoms with Crippen LogP contribution in [0.4, 0.5) is 23.0 Å². The minimum absolute atomic E-state index is 0.0994. The lowest BCUT2D eigenvalue weighted by molar-refractivity contribution is -0.383. The largest absolute Gasteiger partial charge is 0.486 e. The van der Waals surface area contributed by atoms with Gasteiger partial charge in [0, 0.05) is 37.9 Å². The molecule has 1 N–H and O–H groups in total. The Morgan fingerprint density at radius 2 is 1.46 bits per heavy atom. The van der Waals surface area contributed by atoms with Gasteiger partial charge in [-0.25, -0.2) is 9.97 Å². The molecule has 0 amide bonds. The molecular formula is C29H28N6O4. The molecule has 4 aromatic rings. The van der Waals surface area contributed by atoms with Crippen molar-refractivity contribution in [2.45, 2.75) is 6.04 Å². The van der Waals surface area contributed by atoms with Crippen molar-refractivity contribution in [1.82, 2.24) is 14.9 Å². The number of benzene rings is 3. The third-order valence-corrected chi connectivity index (χ3v) is 7.00. The van der Waals surface area contributed by atoms with Gasteiger partial charge < -0.3 is 19.7 Å². The maximum atomic E-state index is 12.3. The lowest BCUT2D eigenvalue weighted by atomic mass is 9.96. The van der Waals surface area contributed by atoms with Crippen LogP contribution in [0.25, 0.3) is 0 Å². The highest BCUT2D eigenvalue weighted by Gasteiger charge is 2.32. The summed E-state index contributed by atoms with van der Waals surface area (Å²) in [5, 5.41) is 15.3. The second-order valence-electron chi connectivity index (χ2n) is 9.38. The summed E-state index contributed by atoms with van der Waals surface area (Å²) in [5.74, 6) is 1.68. The van der Waals surface area contributed by atoms with E-state index in [1.54, 1.807) is 18.2 Å². The van der Waals surface area contributed by atoms with E-state index in [2.05, 4.69) is 68.7 Å². The van der Waals surface area contributed by atoms with Gasteiger partial charge in [-0.1, -0.05) is 60.7 Å². The number of aromatic nitrogens is 2. The molecule has 198 valence electrons. The summed E-state index contributed by atoms with van der Waals surface area (Å²) in [4.78, 5) is 24.8. The monoisotopic (exact) mass is 524 g/mol. The van der Waals surface area contributed by atoms with E-state index in [4.69, 9.17) is 9.47 Å². The number of fused-ring (bicyclic) bond motifs is 1. The standard InChI is InChI=1S/C29H28N6O4/c36-35(37)27-28(32-23-11-12-24-25(19-23)39-18-17-38-24)30-20-31-29(27)34-15-13-33(14-16-34)26(21-7-3-1-4-8-21)22-9-5-2-6-10-22/h1-12,19-20,26H,13-18H2,(H,30,31,32). The van der Waals surface area contributed by atoms with E-state index in [0.717, 1.165) is 13.1 Å². The zero-order valence-corrected chi connectivity index (χ0v) is 21.3. The molecule has 0 unspecified atom stereocenters. The SMILES string of the molecule is O=[N+]([O-])c1c(Nc2ccc3c(c2)OCCO3)ncnc1N1CCN(C(c2ccccc2)c2ccccc2)CC1. The number of piperazine rings is 1. The fourth-order valence-corrected chi connectivity index (χ4v) is 5.19. The minimum Gasteiger partial charge on any atom is -0.486 e. The number of nitrogens with one attached hydrogen (secondary N) is 1. The molecule has 0 aliphatic carbocycles. The highest BCUT2D eigenvalue weighted by atomic mass is 16.6. The predicted molar refractivity (Wildman–Crippen MR) is 148 cm³/mol. The van der Waals surface area contributed by atoms with Crippen molar-refractivity contribution in [3.63, 3.8) is 0 Å². The van der Waals surface area contributed by atoms with Gasteiger partial charge in [0.15, 0.2) is 11.5 Å². The Balaban J connectivity index is 1.23. The summed E-state index contributed by atoms with van der Waals surface area (Å²) in [6, 6.07) is 26.3. The first kappa shape index (κ1) is 24.6. The molecule has 0 radical (unpaired) electrons. The maximum absolute atomic E-state index is 12.3. The fraction of sp³-hybridized carbons (Fsp3) is 0.241. The van der Waals surface area contributed by atoms with Gasteiger partial charge >= 0.3 is 5.69 Å². The van der Waals surface area contributed by atoms with Crippen LogP contribution < -0.4 is 19.7 Å². The number of rotatable bonds is 7. The van der Waals surface area contributed by atoms with Crippen LogP contribution in [0.3, 0.4) is 0 Å². The molecule has 0 bridgehead atoms. The second kappa shape index (κ2) is 11.0. The van der Waals surface area contributed by atoms with Crippen LogP contribution in [0.1, 0.15) is 17.2 Å². The third kappa shape index (κ3) is 5.19. The average Bonchev–Trinajstić information content (AvgIpc) is 2.98. The van der Waals surface area contributed by atoms with E-state index in [0.29, 0.717) is 49.3 Å². The van der Waals surface area contributed by atoms with E-state index < -0.39 is 4.92 Å². The number of hydrogen-bond donors (Lipinski definition) is 1. The molecule has 3 aromatic carbocycles. The molecule has 3 heterocycles. The van der Waals surface area contributed by atoms with Crippen molar-refractivity contribution in [1.29, 1.82) is 0 Å². The first-order chi connectivity index (χ1) is 19.2. The molecule has 10 heteroatoms. The summed E-state index contributed by atoms with van der Waals surface area (Å²) in [5.41, 5.74) is 2.90. The van der Waals surface area contributed by atoms with Crippen LogP contribution in [0.15, 0.2) is 85.2 Å². The molecule has 2 aliphatic heterocycles. The zero-order valence-electron chi connectivity index (χ0n) is 21.3. The van der Waals surface area contributed by atoms with Crippen molar-refractivity contribution in [3.05, 3.63) is 106 Å². The van der Waals surface area contributed by atoms with Gasteiger partial charge in [-0.2, -0.15) is 0 Å². The molecule has 2 aliphatic rings. The summed E-state index contributed by atoms with van der Waals surface area (Å²) in [7, 11) is 0. The first-order valence-corrected chi connectivity index (χ1v) is 12.9. The lowest BCUT2D eigenvalue weighted by Gasteiger charge is -2.40. The quantitative estimate of drug-likeness (QED) is 0.269. The minimum atomic E-state index is -0.418. The maximum Gasteiger partial charge on any atom is 0.353 e. The van der Waals surface area contributed by atoms with Gasteiger partial charge in [0.1, 0.15) is 19.5 Å². The van der Waals surface area contributed by atoms with Gasteiger partial charge in [-0.15, -0.1) is 0 Å². The van der Waals surface area contributed by atoms with Crippen LogP contribution >= 0.6 is 0 Å². The molecule has 0 spiro atoms. The van der Waals surface area contributed by atoms with E-state index in [1.165, 1.54) is 17.5 Å². The molecule has 1 saturated heterocycles. The summed E-state index contributed by atoms with van der Waals surface area (Å²) in [6.45, 7) is 3.58. The Labute approximate surface area is 226 Å². The molecule has 1 fully saturated rings. The van der Waals surface area contributed by atoms with Crippen molar-refractivity contribution in [2.75, 3.05) is 49.6 Å². The molecule has 0 saturated carbocycles. The van der Waals surface area contributed by atoms with Crippen LogP contribution in [-0.2, 0) is 0 Å². The number of nitrogens with zero attached hydrogens (tertiary/aromatic N) is 5. The van der Waals surface area contributed by atoms with Crippen LogP contribution in [-0.4, -0.2) is 59.2 Å². The summed E-state index contributed by atoms with van der Waals surface area (Å²) < 4.78 is 11.2. The Hall–Kier alpha value is -4.70. The zero-order chi connectivity index (χ0) is 26.6. The molecule has 1 aromatic heterocycles. The van der Waals surface area contributed by atoms with Gasteiger partial charge in [0.25, 0.3) is 0 Å². The topological polar surface area (TPSA) is 106 Å². The second-order valence-corrected chi connectivity index (χ2v) is 9.38. The van der Waals surface area contributed by atoms with Gasteiger partial charge in [0.2, 0.25) is 11.6 Å². The average molecular weight is 525 g/mol. The Kier molecular flexibility index (Phi) is 6.92. The first-order valence-electron chi connectivity index (χ1n) is 12.9. The summed E-state index contributed by atoms with van der Waals surface area (Å²) >= 11 is 0. The van der Waals surface area contributed by atoms with Crippen LogP contribution in [0.2, 0.25) is 0 Å². The number of ether oxygens (including phenoxy) is 2. The fourth-order valence-electron chi connectivity index (χ4n) is 5.19. The van der Waals surface area contributed by atoms with E-state index in [9.17, 15) is 10.1 Å². The normalized spacial score (nSPS) is 15.3. The number of anilines is 3. The predicted octanol–water partition coefficient (Wildman–Crippen LogP) is 4.81. The van der Waals surface area contributed by atoms with Crippen molar-refractivity contribution >= 4 is 23.0 Å². The van der Waals surface area contributed by atoms with E-state index in [-0.39, 0.29) is 17.5 Å². The highest BCUT2D eigenvalue weighted by Crippen LogP contribution is 2.38. The van der Waals surface area contributed by atoms with Crippen molar-refractivity contribution in [3.8, 4) is 11.5 Å². The third-order valence-electron chi connectivity index (χ3n) is 7.00. The van der Waals surface area contributed by atoms with Gasteiger partial charge in [-0.3, -0.25) is 15.0 Å². The van der Waals surface area contributed by atoms with Crippen molar-refractivity contribution in [2.24, 2.45) is 0 Å². The number of hydrogen-bond acceptors (Lipinski definition) is 9. The van der Waals surface area contributed by atoms with Gasteiger partial charge in [-0.05, 0) is 23.3 Å². The molecule has 10 nitrogen and oxygen atoms in total. The Morgan fingerprint density at radius 3 is 2.10 bits per heavy atom. The number of nitro groups is 1. The van der Waals surface area contributed by atoms with E-state index in [1.807, 2.05) is 17.0 Å². The smallest absolute Gasteiger partial charge is 0.353 e. The Morgan fingerprint density at radius 1 is 0.821 bits per heavy atom. The lowest BCUT2D eigenvalue weighted by Crippen LogP contribution is -2.48. The Bertz CT molecular complexity index is 1410. The molecule has 39 heavy (non-hydrogen) atoms. The molecule has 6 rings (SSSR count). The molecular weight excluding hydrogens is 496 g/mol. The van der Waals surface area contributed by atoms with Crippen LogP contribution in [0.5, 0.6) is 11.5 Å². The summed E-state index contributed by atoms with van der Waals surface area (Å²) in [6.07, 6.45) is 1.37. The van der Waals surface area contributed by atoms with E-state index >= 15 is 0 Å². The van der Waals surface area contributed by atoms with Gasteiger partial charge in [0.05, 0.1) is 11.0 Å². The molecule has 0 atom stereocenters. The van der Waals surface area contributed by atoms with Crippen molar-refractivity contribution < 1.29 is 14.4 Å². The highest BCUT2D eigenvalue weighted by molar-refractivity contribution is 5.75. The van der Waals surface area contributed by atoms with Crippen LogP contribution in [0, 0.1) is 10.1 Å².